The first-order chi connectivity index (χ1) is 54.7. The number of primary amides is 1. The van der Waals surface area contributed by atoms with Crippen LogP contribution in [-0.2, 0) is 89.3 Å². The Morgan fingerprint density at radius 3 is 2.01 bits per heavy atom. The second-order valence-corrected chi connectivity index (χ2v) is 31.2. The van der Waals surface area contributed by atoms with Crippen LogP contribution in [0.1, 0.15) is 136 Å². The number of urea groups is 1. The number of piperazine rings is 1. The second-order valence-electron chi connectivity index (χ2n) is 30.3. The quantitative estimate of drug-likeness (QED) is 0.0296. The molecule has 1 aromatic heterocycles. The van der Waals surface area contributed by atoms with E-state index in [1.165, 1.54) is 55.7 Å². The van der Waals surface area contributed by atoms with E-state index in [4.69, 9.17) is 29.4 Å². The van der Waals surface area contributed by atoms with Crippen molar-refractivity contribution in [3.63, 3.8) is 0 Å². The van der Waals surface area contributed by atoms with E-state index in [1.807, 2.05) is 49.6 Å². The molecule has 3 aliphatic rings. The van der Waals surface area contributed by atoms with Gasteiger partial charge in [-0.1, -0.05) is 105 Å². The van der Waals surface area contributed by atoms with E-state index < -0.39 is 150 Å². The summed E-state index contributed by atoms with van der Waals surface area (Å²) in [4.78, 5) is 203. The monoisotopic (exact) mass is 1630 g/mol. The lowest BCUT2D eigenvalue weighted by Crippen LogP contribution is -2.60. The standard InChI is InChI=1S/C80H119N15O19S/c1-15-51(8)71(60(110-13)46-66(101)93-34-20-24-58(93)72(111-14)52(9)73(103)87-57(77-83-33-42-115-77)43-53-21-17-16-18-22-53)91(11)78(107)69(49(4)5)89-76(106)70(50(6)7)92(12)80(109)114-59-45-55(26-25-54(59)44-65(100)95-37-36-90(10)47-67(95)102)85-74(104)56(23-19-31-84-79(81)108)86-75(105)68(48(2)3)88-62(97)30-38-112-40-41-113-39-32-82-61(96)29-35-94-63(98)27-28-64(94)99/h16-18,21-22,25-28,33,42,45,48-52,56-58,60,68-72H,15,19-20,23-24,29-32,34-41,43-44,46-47H2,1-14H3,(H,82,96)(H,85,104)(H,86,105)(H,87,103)(H,88,97)(H,89,106)(H3,81,84,108)/t51-,52+,56-,57-,58-,60+,68-,69-,70-,71-,72+/m0/s1. The van der Waals surface area contributed by atoms with Gasteiger partial charge in [0.15, 0.2) is 0 Å². The van der Waals surface area contributed by atoms with E-state index in [-0.39, 0.29) is 132 Å². The average molecular weight is 1630 g/mol. The van der Waals surface area contributed by atoms with Gasteiger partial charge in [0.25, 0.3) is 11.8 Å². The van der Waals surface area contributed by atoms with Crippen LogP contribution in [0.2, 0.25) is 0 Å². The number of likely N-dealkylation sites (N-methyl/N-ethyl adjacent to an activating group) is 3. The van der Waals surface area contributed by atoms with Crippen LogP contribution in [0.4, 0.5) is 15.3 Å². The number of hydrogen-bond donors (Lipinski definition) is 8. The minimum absolute atomic E-state index is 0.00255. The van der Waals surface area contributed by atoms with Crippen LogP contribution in [0.5, 0.6) is 5.75 Å². The van der Waals surface area contributed by atoms with Crippen molar-refractivity contribution in [2.75, 3.05) is 113 Å². The second kappa shape index (κ2) is 46.7. The molecule has 115 heavy (non-hydrogen) atoms. The van der Waals surface area contributed by atoms with Gasteiger partial charge in [0, 0.05) is 121 Å². The Hall–Kier alpha value is -9.81. The van der Waals surface area contributed by atoms with Crippen LogP contribution >= 0.6 is 11.3 Å². The molecular formula is C80H119N15O19S. The number of ether oxygens (including phenoxy) is 5. The van der Waals surface area contributed by atoms with Gasteiger partial charge in [0.05, 0.1) is 82.1 Å². The number of benzene rings is 2. The molecular weight excluding hydrogens is 1510 g/mol. The minimum atomic E-state index is -1.33. The van der Waals surface area contributed by atoms with Crippen molar-refractivity contribution in [3.8, 4) is 5.75 Å². The number of rotatable bonds is 46. The maximum Gasteiger partial charge on any atom is 0.415 e. The van der Waals surface area contributed by atoms with Crippen LogP contribution in [0.25, 0.3) is 0 Å². The Labute approximate surface area is 677 Å². The summed E-state index contributed by atoms with van der Waals surface area (Å²) in [5, 5.41) is 22.0. The number of nitrogens with two attached hydrogens (primary N) is 1. The van der Waals surface area contributed by atoms with Crippen LogP contribution in [0, 0.1) is 29.6 Å². The van der Waals surface area contributed by atoms with Crippen LogP contribution in [0.15, 0.2) is 72.3 Å². The minimum Gasteiger partial charge on any atom is -0.410 e. The summed E-state index contributed by atoms with van der Waals surface area (Å²) in [7, 11) is 7.69. The molecule has 2 aromatic carbocycles. The molecule has 34 nitrogen and oxygen atoms in total. The molecule has 2 saturated heterocycles. The summed E-state index contributed by atoms with van der Waals surface area (Å²) in [5.74, 6) is -9.05. The molecule has 9 N–H and O–H groups in total. The van der Waals surface area contributed by atoms with Gasteiger partial charge in [-0.15, -0.1) is 11.3 Å². The van der Waals surface area contributed by atoms with E-state index in [0.29, 0.717) is 38.8 Å². The van der Waals surface area contributed by atoms with E-state index in [9.17, 15) is 62.3 Å². The fraction of sp³-hybridized carbons (Fsp3) is 0.613. The van der Waals surface area contributed by atoms with Crippen molar-refractivity contribution in [1.29, 1.82) is 0 Å². The van der Waals surface area contributed by atoms with Crippen LogP contribution < -0.4 is 47.7 Å². The van der Waals surface area contributed by atoms with Gasteiger partial charge in [-0.05, 0) is 74.5 Å². The van der Waals surface area contributed by atoms with E-state index in [2.05, 4.69) is 42.2 Å². The molecule has 35 heteroatoms. The van der Waals surface area contributed by atoms with Gasteiger partial charge in [0.1, 0.15) is 34.9 Å². The summed E-state index contributed by atoms with van der Waals surface area (Å²) in [5.41, 5.74) is 6.46. The highest BCUT2D eigenvalue weighted by atomic mass is 32.1. The molecule has 0 saturated carbocycles. The summed E-state index contributed by atoms with van der Waals surface area (Å²) >= 11 is 1.45. The van der Waals surface area contributed by atoms with Crippen molar-refractivity contribution in [1.82, 2.24) is 66.3 Å². The largest absolute Gasteiger partial charge is 0.415 e. The van der Waals surface area contributed by atoms with Gasteiger partial charge >= 0.3 is 12.1 Å². The highest BCUT2D eigenvalue weighted by molar-refractivity contribution is 7.09. The predicted octanol–water partition coefficient (Wildman–Crippen LogP) is 3.47. The highest BCUT2D eigenvalue weighted by Crippen LogP contribution is 2.32. The topological polar surface area (TPSA) is 428 Å². The Kier molecular flexibility index (Phi) is 38.2. The van der Waals surface area contributed by atoms with E-state index >= 15 is 4.79 Å². The Balaban J connectivity index is 1.13. The third-order valence-electron chi connectivity index (χ3n) is 20.8. The zero-order valence-electron chi connectivity index (χ0n) is 68.7. The van der Waals surface area contributed by atoms with Crippen molar-refractivity contribution in [3.05, 3.63) is 88.4 Å². The van der Waals surface area contributed by atoms with Crippen molar-refractivity contribution in [2.45, 2.75) is 181 Å². The summed E-state index contributed by atoms with van der Waals surface area (Å²) in [6.45, 7) is 17.2. The number of likely N-dealkylation sites (tertiary alicyclic amines) is 1. The number of anilines is 1. The third-order valence-corrected chi connectivity index (χ3v) is 21.7. The molecule has 0 spiro atoms. The zero-order chi connectivity index (χ0) is 84.8. The van der Waals surface area contributed by atoms with E-state index in [0.717, 1.165) is 37.4 Å². The molecule has 0 aliphatic carbocycles. The molecule has 0 radical (unpaired) electrons. The molecule has 15 amide bonds. The first kappa shape index (κ1) is 94.0. The van der Waals surface area contributed by atoms with Crippen molar-refractivity contribution in [2.24, 2.45) is 35.3 Å². The SMILES string of the molecule is CC[C@H](C)[C@@H]([C@@H](CC(=O)N1CCC[C@H]1[C@H](OC)[C@@H](C)C(=O)N[C@@H](Cc1ccccc1)c1nccs1)OC)N(C)C(=O)[C@@H](NC(=O)[C@H](C(C)C)N(C)C(=O)Oc1cc(NC(=O)[C@H](CCCNC(N)=O)NC(=O)[C@@H](NC(=O)CCOCCOCCNC(=O)CCN2C(=O)C=CC2=O)C(C)C)ccc1CC(=O)N1CCN(C)CC1=O)C(C)C. The van der Waals surface area contributed by atoms with Gasteiger partial charge < -0.3 is 76.4 Å². The number of hydrogen-bond acceptors (Lipinski definition) is 22. The average Bonchev–Trinajstić information content (AvgIpc) is 1.79. The molecule has 3 aromatic rings. The van der Waals surface area contributed by atoms with Crippen LogP contribution in [-0.4, -0.2) is 273 Å². The lowest BCUT2D eigenvalue weighted by molar-refractivity contribution is -0.148. The van der Waals surface area contributed by atoms with Gasteiger partial charge in [0.2, 0.25) is 59.1 Å². The number of carbonyl (C=O) groups is 14. The Bertz CT molecular complexity index is 3810. The predicted molar refractivity (Wildman–Crippen MR) is 427 cm³/mol. The molecule has 4 heterocycles. The summed E-state index contributed by atoms with van der Waals surface area (Å²) in [6.07, 6.45) is 2.91. The van der Waals surface area contributed by atoms with Gasteiger partial charge in [-0.25, -0.2) is 14.6 Å². The lowest BCUT2D eigenvalue weighted by atomic mass is 9.89. The van der Waals surface area contributed by atoms with E-state index in [1.54, 1.807) is 78.6 Å². The summed E-state index contributed by atoms with van der Waals surface area (Å²) in [6, 6.07) is 6.53. The smallest absolute Gasteiger partial charge is 0.410 e. The molecule has 0 unspecified atom stereocenters. The van der Waals surface area contributed by atoms with Gasteiger partial charge in [-0.3, -0.25) is 77.1 Å². The highest BCUT2D eigenvalue weighted by Gasteiger charge is 2.45. The number of nitrogens with one attached hydrogen (secondary N) is 7. The number of aromatic nitrogens is 1. The molecule has 2 fully saturated rings. The zero-order valence-corrected chi connectivity index (χ0v) is 69.5. The molecule has 634 valence electrons. The fourth-order valence-corrected chi connectivity index (χ4v) is 14.9. The lowest BCUT2D eigenvalue weighted by Gasteiger charge is -2.41. The number of thiazole rings is 1. The number of nitrogens with zero attached hydrogens (tertiary/aromatic N) is 7. The summed E-state index contributed by atoms with van der Waals surface area (Å²) < 4.78 is 29.4. The first-order valence-electron chi connectivity index (χ1n) is 39.3. The Morgan fingerprint density at radius 1 is 0.704 bits per heavy atom. The first-order valence-corrected chi connectivity index (χ1v) is 40.2. The Morgan fingerprint density at radius 2 is 1.39 bits per heavy atom. The maximum absolute atomic E-state index is 15.2. The third kappa shape index (κ3) is 28.3. The van der Waals surface area contributed by atoms with Crippen LogP contribution in [0.3, 0.4) is 0 Å². The number of imide groups is 2. The molecule has 0 bridgehead atoms. The van der Waals surface area contributed by atoms with Gasteiger partial charge in [-0.2, -0.15) is 0 Å². The van der Waals surface area contributed by atoms with Crippen molar-refractivity contribution >= 4 is 100 Å². The number of carbonyl (C=O) groups excluding carboxylic acids is 14. The molecule has 3 aliphatic heterocycles. The molecule has 11 atom stereocenters. The molecule has 6 rings (SSSR count). The fourth-order valence-electron chi connectivity index (χ4n) is 14.2. The maximum atomic E-state index is 15.2. The number of methoxy groups -OCH3 is 2. The normalized spacial score (nSPS) is 17.0. The number of amides is 15. The van der Waals surface area contributed by atoms with Crippen molar-refractivity contribution < 1.29 is 90.8 Å².